The summed E-state index contributed by atoms with van der Waals surface area (Å²) in [6, 6.07) is 0. The maximum Gasteiger partial charge on any atom is 0.000438 e. The number of rotatable bonds is 10. The summed E-state index contributed by atoms with van der Waals surface area (Å²) in [5, 5.41) is 0. The van der Waals surface area contributed by atoms with Crippen LogP contribution in [0.5, 0.6) is 0 Å². The fourth-order valence-electron chi connectivity index (χ4n) is 2.01. The van der Waals surface area contributed by atoms with Crippen molar-refractivity contribution in [2.45, 2.75) is 66.7 Å². The third kappa shape index (κ3) is 10.5. The Morgan fingerprint density at radius 2 is 1.50 bits per heavy atom. The van der Waals surface area contributed by atoms with Crippen molar-refractivity contribution in [3.8, 4) is 0 Å². The molecule has 0 aromatic carbocycles. The van der Waals surface area contributed by atoms with Gasteiger partial charge in [0, 0.05) is 6.54 Å². The molecule has 0 bridgehead atoms. The van der Waals surface area contributed by atoms with Gasteiger partial charge in [-0.2, -0.15) is 0 Å². The fraction of sp³-hybridized carbons (Fsp3) is 1.00. The van der Waals surface area contributed by atoms with Gasteiger partial charge in [0.25, 0.3) is 0 Å². The quantitative estimate of drug-likeness (QED) is 0.494. The molecule has 0 heterocycles. The molecule has 0 saturated carbocycles. The number of hydrogen-bond acceptors (Lipinski definition) is 1. The lowest BCUT2D eigenvalue weighted by atomic mass is 10.1. The highest BCUT2D eigenvalue weighted by molar-refractivity contribution is 4.62. The molecule has 0 N–H and O–H groups in total. The van der Waals surface area contributed by atoms with Crippen LogP contribution in [-0.4, -0.2) is 24.5 Å². The molecule has 0 aliphatic heterocycles. The first-order chi connectivity index (χ1) is 7.56. The van der Waals surface area contributed by atoms with Crippen molar-refractivity contribution in [1.82, 2.24) is 4.90 Å². The Labute approximate surface area is 104 Å². The first-order valence-electron chi connectivity index (χ1n) is 7.28. The Kier molecular flexibility index (Phi) is 10.1. The van der Waals surface area contributed by atoms with Gasteiger partial charge < -0.3 is 4.90 Å². The molecule has 0 fully saturated rings. The lowest BCUT2D eigenvalue weighted by molar-refractivity contribution is 0.226. The fourth-order valence-corrected chi connectivity index (χ4v) is 2.01. The third-order valence-electron chi connectivity index (χ3n) is 2.97. The Morgan fingerprint density at radius 1 is 0.812 bits per heavy atom. The molecule has 0 aliphatic carbocycles. The minimum Gasteiger partial charge on any atom is -0.303 e. The highest BCUT2D eigenvalue weighted by Gasteiger charge is 2.07. The monoisotopic (exact) mass is 227 g/mol. The zero-order valence-corrected chi connectivity index (χ0v) is 12.3. The van der Waals surface area contributed by atoms with Gasteiger partial charge in [-0.3, -0.25) is 0 Å². The maximum absolute atomic E-state index is 2.67. The van der Waals surface area contributed by atoms with Crippen LogP contribution in [0, 0.1) is 11.8 Å². The van der Waals surface area contributed by atoms with Crippen molar-refractivity contribution in [3.63, 3.8) is 0 Å². The van der Waals surface area contributed by atoms with Gasteiger partial charge in [-0.05, 0) is 37.8 Å². The molecule has 0 rings (SSSR count). The molecule has 0 radical (unpaired) electrons. The van der Waals surface area contributed by atoms with E-state index in [-0.39, 0.29) is 0 Å². The van der Waals surface area contributed by atoms with Crippen LogP contribution in [0.2, 0.25) is 0 Å². The summed E-state index contributed by atoms with van der Waals surface area (Å²) in [5.74, 6) is 1.64. The first-order valence-corrected chi connectivity index (χ1v) is 7.28. The molecule has 0 aromatic heterocycles. The summed E-state index contributed by atoms with van der Waals surface area (Å²) >= 11 is 0. The molecule has 0 saturated heterocycles. The molecule has 16 heavy (non-hydrogen) atoms. The van der Waals surface area contributed by atoms with Gasteiger partial charge in [-0.15, -0.1) is 0 Å². The van der Waals surface area contributed by atoms with Crippen LogP contribution in [-0.2, 0) is 0 Å². The van der Waals surface area contributed by atoms with E-state index in [0.29, 0.717) is 0 Å². The second-order valence-electron chi connectivity index (χ2n) is 5.94. The van der Waals surface area contributed by atoms with Crippen molar-refractivity contribution in [1.29, 1.82) is 0 Å². The van der Waals surface area contributed by atoms with Gasteiger partial charge in [0.1, 0.15) is 0 Å². The van der Waals surface area contributed by atoms with Gasteiger partial charge in [-0.25, -0.2) is 0 Å². The highest BCUT2D eigenvalue weighted by Crippen LogP contribution is 2.08. The van der Waals surface area contributed by atoms with Crippen LogP contribution in [0.3, 0.4) is 0 Å². The van der Waals surface area contributed by atoms with E-state index in [1.807, 2.05) is 0 Å². The van der Waals surface area contributed by atoms with Crippen LogP contribution in [0.4, 0.5) is 0 Å². The summed E-state index contributed by atoms with van der Waals surface area (Å²) < 4.78 is 0. The molecule has 1 heteroatoms. The second kappa shape index (κ2) is 10.1. The molecule has 0 aliphatic rings. The van der Waals surface area contributed by atoms with E-state index in [2.05, 4.69) is 39.5 Å². The molecule has 0 aromatic rings. The second-order valence-corrected chi connectivity index (χ2v) is 5.94. The molecule has 0 spiro atoms. The van der Waals surface area contributed by atoms with Gasteiger partial charge in [0.05, 0.1) is 0 Å². The smallest absolute Gasteiger partial charge is 0.000438 e. The van der Waals surface area contributed by atoms with E-state index in [4.69, 9.17) is 0 Å². The van der Waals surface area contributed by atoms with E-state index in [9.17, 15) is 0 Å². The van der Waals surface area contributed by atoms with Gasteiger partial charge in [-0.1, -0.05) is 53.9 Å². The summed E-state index contributed by atoms with van der Waals surface area (Å²) in [4.78, 5) is 2.67. The predicted octanol–water partition coefficient (Wildman–Crippen LogP) is 4.57. The van der Waals surface area contributed by atoms with Crippen molar-refractivity contribution in [3.05, 3.63) is 0 Å². The van der Waals surface area contributed by atoms with Gasteiger partial charge in [0.2, 0.25) is 0 Å². The third-order valence-corrected chi connectivity index (χ3v) is 2.97. The van der Waals surface area contributed by atoms with Crippen LogP contribution >= 0.6 is 0 Å². The molecule has 0 atom stereocenters. The van der Waals surface area contributed by atoms with E-state index in [0.717, 1.165) is 11.8 Å². The Balaban J connectivity index is 3.72. The normalized spacial score (nSPS) is 12.0. The Bertz CT molecular complexity index is 140. The van der Waals surface area contributed by atoms with Crippen molar-refractivity contribution >= 4 is 0 Å². The predicted molar refractivity (Wildman–Crippen MR) is 74.9 cm³/mol. The first kappa shape index (κ1) is 16.0. The maximum atomic E-state index is 2.67. The van der Waals surface area contributed by atoms with Crippen LogP contribution in [0.1, 0.15) is 66.7 Å². The minimum atomic E-state index is 0.804. The largest absolute Gasteiger partial charge is 0.303 e. The standard InChI is InChI=1S/C15H33N/c1-6-7-8-9-11-16(13-15(4)5)12-10-14(2)3/h14-15H,6-13H2,1-5H3. The van der Waals surface area contributed by atoms with Crippen molar-refractivity contribution < 1.29 is 0 Å². The van der Waals surface area contributed by atoms with Gasteiger partial charge >= 0.3 is 0 Å². The Morgan fingerprint density at radius 3 is 2.00 bits per heavy atom. The summed E-state index contributed by atoms with van der Waals surface area (Å²) in [6.07, 6.45) is 6.89. The van der Waals surface area contributed by atoms with Gasteiger partial charge in [0.15, 0.2) is 0 Å². The van der Waals surface area contributed by atoms with E-state index in [1.165, 1.54) is 51.7 Å². The van der Waals surface area contributed by atoms with E-state index >= 15 is 0 Å². The Hall–Kier alpha value is -0.0400. The number of unbranched alkanes of at least 4 members (excludes halogenated alkanes) is 3. The minimum absolute atomic E-state index is 0.804. The molecular weight excluding hydrogens is 194 g/mol. The molecule has 0 unspecified atom stereocenters. The number of nitrogens with zero attached hydrogens (tertiary/aromatic N) is 1. The molecule has 1 nitrogen and oxygen atoms in total. The molecular formula is C15H33N. The average molecular weight is 227 g/mol. The van der Waals surface area contributed by atoms with Crippen molar-refractivity contribution in [2.75, 3.05) is 19.6 Å². The number of hydrogen-bond donors (Lipinski definition) is 0. The van der Waals surface area contributed by atoms with E-state index in [1.54, 1.807) is 0 Å². The molecule has 98 valence electrons. The summed E-state index contributed by atoms with van der Waals surface area (Å²) in [7, 11) is 0. The lowest BCUT2D eigenvalue weighted by Gasteiger charge is -2.25. The zero-order valence-electron chi connectivity index (χ0n) is 12.3. The topological polar surface area (TPSA) is 3.24 Å². The van der Waals surface area contributed by atoms with Crippen molar-refractivity contribution in [2.24, 2.45) is 11.8 Å². The summed E-state index contributed by atoms with van der Waals surface area (Å²) in [6.45, 7) is 15.5. The van der Waals surface area contributed by atoms with E-state index < -0.39 is 0 Å². The highest BCUT2D eigenvalue weighted by atomic mass is 15.1. The average Bonchev–Trinajstić information content (AvgIpc) is 2.19. The molecule has 0 amide bonds. The SMILES string of the molecule is CCCCCCN(CCC(C)C)CC(C)C. The zero-order chi connectivity index (χ0) is 12.4. The van der Waals surface area contributed by atoms with Crippen LogP contribution < -0.4 is 0 Å². The summed E-state index contributed by atoms with van der Waals surface area (Å²) in [5.41, 5.74) is 0. The van der Waals surface area contributed by atoms with Crippen LogP contribution in [0.25, 0.3) is 0 Å². The lowest BCUT2D eigenvalue weighted by Crippen LogP contribution is -2.30. The van der Waals surface area contributed by atoms with Crippen LogP contribution in [0.15, 0.2) is 0 Å².